The Morgan fingerprint density at radius 1 is 1.25 bits per heavy atom. The van der Waals surface area contributed by atoms with Gasteiger partial charge in [-0.25, -0.2) is 0 Å². The number of benzene rings is 1. The molecule has 2 amide bonds. The van der Waals surface area contributed by atoms with Crippen molar-refractivity contribution in [1.82, 2.24) is 10.2 Å². The van der Waals surface area contributed by atoms with Gasteiger partial charge in [-0.15, -0.1) is 0 Å². The van der Waals surface area contributed by atoms with E-state index in [2.05, 4.69) is 5.32 Å². The molecule has 1 aromatic heterocycles. The zero-order chi connectivity index (χ0) is 17.7. The average Bonchev–Trinajstić information content (AvgIpc) is 2.92. The van der Waals surface area contributed by atoms with Gasteiger partial charge in [0.1, 0.15) is 5.58 Å². The summed E-state index contributed by atoms with van der Waals surface area (Å²) in [5.41, 5.74) is 2.48. The number of likely N-dealkylation sites (N-methyl/N-ethyl adjacent to an activating group) is 1. The Bertz CT molecular complexity index is 763. The molecule has 7 nitrogen and oxygen atoms in total. The minimum absolute atomic E-state index is 0.0139. The van der Waals surface area contributed by atoms with E-state index in [9.17, 15) is 14.4 Å². The van der Waals surface area contributed by atoms with E-state index in [4.69, 9.17) is 9.15 Å². The number of hydrogen-bond donors (Lipinski definition) is 1. The molecule has 0 atom stereocenters. The summed E-state index contributed by atoms with van der Waals surface area (Å²) in [5, 5.41) is 3.23. The van der Waals surface area contributed by atoms with Crippen LogP contribution in [0.2, 0.25) is 0 Å². The largest absolute Gasteiger partial charge is 0.464 e. The summed E-state index contributed by atoms with van der Waals surface area (Å²) in [4.78, 5) is 36.1. The predicted octanol–water partition coefficient (Wildman–Crippen LogP) is 1.03. The van der Waals surface area contributed by atoms with Gasteiger partial charge in [0.2, 0.25) is 5.91 Å². The first kappa shape index (κ1) is 17.5. The van der Waals surface area contributed by atoms with Crippen molar-refractivity contribution in [1.29, 1.82) is 0 Å². The van der Waals surface area contributed by atoms with Crippen molar-refractivity contribution in [2.75, 3.05) is 27.2 Å². The molecule has 0 spiro atoms. The van der Waals surface area contributed by atoms with Crippen molar-refractivity contribution < 1.29 is 23.5 Å². The number of rotatable bonds is 6. The van der Waals surface area contributed by atoms with Crippen LogP contribution in [0.25, 0.3) is 11.0 Å². The van der Waals surface area contributed by atoms with E-state index in [1.54, 1.807) is 14.1 Å². The molecule has 0 saturated heterocycles. The van der Waals surface area contributed by atoms with Gasteiger partial charge in [-0.05, 0) is 18.6 Å². The molecule has 1 heterocycles. The van der Waals surface area contributed by atoms with Crippen LogP contribution in [0.1, 0.15) is 11.1 Å². The van der Waals surface area contributed by atoms with Crippen molar-refractivity contribution in [3.8, 4) is 0 Å². The van der Waals surface area contributed by atoms with Gasteiger partial charge in [-0.3, -0.25) is 14.4 Å². The van der Waals surface area contributed by atoms with E-state index < -0.39 is 18.5 Å². The first-order valence-corrected chi connectivity index (χ1v) is 7.46. The lowest BCUT2D eigenvalue weighted by atomic mass is 10.1. The molecule has 1 N–H and O–H groups in total. The smallest absolute Gasteiger partial charge is 0.310 e. The minimum Gasteiger partial charge on any atom is -0.464 e. The second-order valence-electron chi connectivity index (χ2n) is 5.66. The highest BCUT2D eigenvalue weighted by Gasteiger charge is 2.14. The summed E-state index contributed by atoms with van der Waals surface area (Å²) in [7, 11) is 3.18. The van der Waals surface area contributed by atoms with Crippen LogP contribution in [0.15, 0.2) is 28.9 Å². The van der Waals surface area contributed by atoms with Crippen molar-refractivity contribution in [2.24, 2.45) is 0 Å². The zero-order valence-electron chi connectivity index (χ0n) is 13.9. The number of ether oxygens (including phenoxy) is 1. The van der Waals surface area contributed by atoms with Crippen LogP contribution in [-0.4, -0.2) is 49.9 Å². The van der Waals surface area contributed by atoms with Crippen molar-refractivity contribution >= 4 is 28.8 Å². The molecule has 0 aliphatic heterocycles. The third-order valence-corrected chi connectivity index (χ3v) is 3.45. The van der Waals surface area contributed by atoms with Gasteiger partial charge in [0.25, 0.3) is 5.91 Å². The monoisotopic (exact) mass is 332 g/mol. The standard InChI is InChI=1S/C17H20N2O5/c1-11-4-5-13-12(9-23-14(13)6-11)7-17(22)24-10-15(20)18-8-16(21)19(2)3/h4-6,9H,7-8,10H2,1-3H3,(H,18,20). The summed E-state index contributed by atoms with van der Waals surface area (Å²) >= 11 is 0. The van der Waals surface area contributed by atoms with Gasteiger partial charge in [0, 0.05) is 25.0 Å². The van der Waals surface area contributed by atoms with Gasteiger partial charge in [0.05, 0.1) is 19.2 Å². The Hall–Kier alpha value is -2.83. The first-order chi connectivity index (χ1) is 11.4. The number of nitrogens with one attached hydrogen (secondary N) is 1. The Morgan fingerprint density at radius 3 is 2.71 bits per heavy atom. The molecule has 0 fully saturated rings. The van der Waals surface area contributed by atoms with Crippen LogP contribution < -0.4 is 5.32 Å². The first-order valence-electron chi connectivity index (χ1n) is 7.46. The maximum absolute atomic E-state index is 11.9. The molecule has 2 aromatic rings. The zero-order valence-corrected chi connectivity index (χ0v) is 13.9. The topological polar surface area (TPSA) is 88.8 Å². The number of fused-ring (bicyclic) bond motifs is 1. The molecule has 128 valence electrons. The lowest BCUT2D eigenvalue weighted by Gasteiger charge is -2.11. The maximum atomic E-state index is 11.9. The van der Waals surface area contributed by atoms with Crippen LogP contribution in [0.4, 0.5) is 0 Å². The number of hydrogen-bond acceptors (Lipinski definition) is 5. The predicted molar refractivity (Wildman–Crippen MR) is 87.3 cm³/mol. The number of furan rings is 1. The number of amides is 2. The average molecular weight is 332 g/mol. The number of nitrogens with zero attached hydrogens (tertiary/aromatic N) is 1. The molecule has 24 heavy (non-hydrogen) atoms. The molecular formula is C17H20N2O5. The number of carbonyl (C=O) groups is 3. The highest BCUT2D eigenvalue weighted by Crippen LogP contribution is 2.22. The normalized spacial score (nSPS) is 10.5. The summed E-state index contributed by atoms with van der Waals surface area (Å²) in [6, 6.07) is 5.71. The molecular weight excluding hydrogens is 312 g/mol. The summed E-state index contributed by atoms with van der Waals surface area (Å²) in [6.45, 7) is 1.40. The van der Waals surface area contributed by atoms with Gasteiger partial charge in [-0.2, -0.15) is 0 Å². The summed E-state index contributed by atoms with van der Waals surface area (Å²) in [5.74, 6) is -1.30. The fourth-order valence-corrected chi connectivity index (χ4v) is 2.06. The van der Waals surface area contributed by atoms with Crippen molar-refractivity contribution in [3.05, 3.63) is 35.6 Å². The fourth-order valence-electron chi connectivity index (χ4n) is 2.06. The van der Waals surface area contributed by atoms with E-state index in [1.165, 1.54) is 11.2 Å². The molecule has 1 aromatic carbocycles. The van der Waals surface area contributed by atoms with Crippen LogP contribution in [-0.2, 0) is 25.5 Å². The van der Waals surface area contributed by atoms with Crippen LogP contribution in [0.5, 0.6) is 0 Å². The minimum atomic E-state index is -0.535. The molecule has 0 bridgehead atoms. The highest BCUT2D eigenvalue weighted by atomic mass is 16.5. The van der Waals surface area contributed by atoms with Crippen molar-refractivity contribution in [3.63, 3.8) is 0 Å². The fraction of sp³-hybridized carbons (Fsp3) is 0.353. The van der Waals surface area contributed by atoms with Crippen LogP contribution >= 0.6 is 0 Å². The second-order valence-corrected chi connectivity index (χ2v) is 5.66. The molecule has 0 aliphatic rings. The second kappa shape index (κ2) is 7.63. The SMILES string of the molecule is Cc1ccc2c(CC(=O)OCC(=O)NCC(=O)N(C)C)coc2c1. The van der Waals surface area contributed by atoms with E-state index in [0.717, 1.165) is 10.9 Å². The third kappa shape index (κ3) is 4.58. The van der Waals surface area contributed by atoms with E-state index in [-0.39, 0.29) is 18.9 Å². The van der Waals surface area contributed by atoms with Gasteiger partial charge in [-0.1, -0.05) is 12.1 Å². The molecule has 0 aliphatic carbocycles. The quantitative estimate of drug-likeness (QED) is 0.798. The number of carbonyl (C=O) groups excluding carboxylic acids is 3. The van der Waals surface area contributed by atoms with Crippen LogP contribution in [0.3, 0.4) is 0 Å². The lowest BCUT2D eigenvalue weighted by molar-refractivity contribution is -0.148. The molecule has 0 radical (unpaired) electrons. The molecule has 0 unspecified atom stereocenters. The third-order valence-electron chi connectivity index (χ3n) is 3.45. The Kier molecular flexibility index (Phi) is 5.57. The number of esters is 1. The van der Waals surface area contributed by atoms with Crippen LogP contribution in [0, 0.1) is 6.92 Å². The van der Waals surface area contributed by atoms with Gasteiger partial charge < -0.3 is 19.4 Å². The lowest BCUT2D eigenvalue weighted by Crippen LogP contribution is -2.38. The molecule has 7 heteroatoms. The van der Waals surface area contributed by atoms with Crippen molar-refractivity contribution in [2.45, 2.75) is 13.3 Å². The molecule has 2 rings (SSSR count). The highest BCUT2D eigenvalue weighted by molar-refractivity contribution is 5.88. The van der Waals surface area contributed by atoms with E-state index >= 15 is 0 Å². The Morgan fingerprint density at radius 2 is 2.00 bits per heavy atom. The molecule has 0 saturated carbocycles. The summed E-state index contributed by atoms with van der Waals surface area (Å²) in [6.07, 6.45) is 1.53. The maximum Gasteiger partial charge on any atom is 0.310 e. The Labute approximate surface area is 139 Å². The van der Waals surface area contributed by atoms with Gasteiger partial charge in [0.15, 0.2) is 6.61 Å². The van der Waals surface area contributed by atoms with Gasteiger partial charge >= 0.3 is 5.97 Å². The Balaban J connectivity index is 1.82. The van der Waals surface area contributed by atoms with E-state index in [1.807, 2.05) is 25.1 Å². The summed E-state index contributed by atoms with van der Waals surface area (Å²) < 4.78 is 10.3. The number of aryl methyl sites for hydroxylation is 1. The van der Waals surface area contributed by atoms with E-state index in [0.29, 0.717) is 11.1 Å².